The maximum Gasteiger partial charge on any atom is 0.333 e. The molecule has 5 heteroatoms. The molecule has 5 nitrogen and oxygen atoms in total. The first-order valence-electron chi connectivity index (χ1n) is 8.36. The largest absolute Gasteiger partial charge is 0.462 e. The molecule has 0 saturated carbocycles. The van der Waals surface area contributed by atoms with Gasteiger partial charge in [0.05, 0.1) is 30.3 Å². The standard InChI is InChI=1S/C20H24N2O3/c1-15(2)20(23)25-13-5-4-12-24-14-17-9-7-11-19(22-17)18-10-6-8-16(3)21-18/h6-11H,1,4-5,12-14H2,2-3H3. The van der Waals surface area contributed by atoms with Crippen molar-refractivity contribution >= 4 is 5.97 Å². The van der Waals surface area contributed by atoms with Crippen molar-refractivity contribution in [2.45, 2.75) is 33.3 Å². The van der Waals surface area contributed by atoms with Crippen molar-refractivity contribution in [3.63, 3.8) is 0 Å². The van der Waals surface area contributed by atoms with Crippen molar-refractivity contribution in [2.24, 2.45) is 0 Å². The lowest BCUT2D eigenvalue weighted by Gasteiger charge is -2.07. The molecule has 0 aliphatic heterocycles. The number of hydrogen-bond acceptors (Lipinski definition) is 5. The predicted molar refractivity (Wildman–Crippen MR) is 96.9 cm³/mol. The van der Waals surface area contributed by atoms with Gasteiger partial charge in [-0.1, -0.05) is 18.7 Å². The first-order valence-corrected chi connectivity index (χ1v) is 8.36. The van der Waals surface area contributed by atoms with E-state index in [2.05, 4.69) is 16.5 Å². The topological polar surface area (TPSA) is 61.3 Å². The second-order valence-electron chi connectivity index (χ2n) is 5.85. The van der Waals surface area contributed by atoms with Crippen LogP contribution in [0.1, 0.15) is 31.2 Å². The van der Waals surface area contributed by atoms with Gasteiger partial charge in [0.25, 0.3) is 0 Å². The van der Waals surface area contributed by atoms with Crippen molar-refractivity contribution in [1.29, 1.82) is 0 Å². The smallest absolute Gasteiger partial charge is 0.333 e. The highest BCUT2D eigenvalue weighted by Gasteiger charge is 2.04. The highest BCUT2D eigenvalue weighted by atomic mass is 16.5. The Hall–Kier alpha value is -2.53. The summed E-state index contributed by atoms with van der Waals surface area (Å²) in [5.74, 6) is -0.341. The summed E-state index contributed by atoms with van der Waals surface area (Å²) in [7, 11) is 0. The second kappa shape index (κ2) is 9.69. The molecule has 0 N–H and O–H groups in total. The third kappa shape index (κ3) is 6.47. The van der Waals surface area contributed by atoms with Crippen LogP contribution in [0.25, 0.3) is 11.4 Å². The molecular formula is C20H24N2O3. The van der Waals surface area contributed by atoms with Crippen LogP contribution in [0, 0.1) is 6.92 Å². The predicted octanol–water partition coefficient (Wildman–Crippen LogP) is 3.87. The second-order valence-corrected chi connectivity index (χ2v) is 5.85. The molecule has 2 heterocycles. The van der Waals surface area contributed by atoms with Gasteiger partial charge in [0, 0.05) is 17.9 Å². The average Bonchev–Trinajstić information content (AvgIpc) is 2.61. The average molecular weight is 340 g/mol. The number of nitrogens with zero attached hydrogens (tertiary/aromatic N) is 2. The first kappa shape index (κ1) is 18.8. The van der Waals surface area contributed by atoms with E-state index in [-0.39, 0.29) is 5.97 Å². The van der Waals surface area contributed by atoms with E-state index >= 15 is 0 Å². The number of ether oxygens (including phenoxy) is 2. The van der Waals surface area contributed by atoms with E-state index in [0.717, 1.165) is 35.6 Å². The fourth-order valence-corrected chi connectivity index (χ4v) is 2.16. The Morgan fingerprint density at radius 2 is 1.72 bits per heavy atom. The number of aromatic nitrogens is 2. The monoisotopic (exact) mass is 340 g/mol. The zero-order valence-corrected chi connectivity index (χ0v) is 14.8. The number of hydrogen-bond donors (Lipinski definition) is 0. The fourth-order valence-electron chi connectivity index (χ4n) is 2.16. The van der Waals surface area contributed by atoms with Crippen molar-refractivity contribution in [3.05, 3.63) is 59.9 Å². The fraction of sp³-hybridized carbons (Fsp3) is 0.350. The number of esters is 1. The summed E-state index contributed by atoms with van der Waals surface area (Å²) >= 11 is 0. The van der Waals surface area contributed by atoms with Gasteiger partial charge in [0.15, 0.2) is 0 Å². The summed E-state index contributed by atoms with van der Waals surface area (Å²) in [6, 6.07) is 11.7. The van der Waals surface area contributed by atoms with Crippen molar-refractivity contribution in [1.82, 2.24) is 9.97 Å². The zero-order chi connectivity index (χ0) is 18.1. The van der Waals surface area contributed by atoms with Gasteiger partial charge in [-0.25, -0.2) is 9.78 Å². The van der Waals surface area contributed by atoms with E-state index in [1.165, 1.54) is 0 Å². The van der Waals surface area contributed by atoms with Crippen LogP contribution < -0.4 is 0 Å². The molecule has 0 fully saturated rings. The Labute approximate surface area is 148 Å². The maximum absolute atomic E-state index is 11.2. The Morgan fingerprint density at radius 3 is 2.44 bits per heavy atom. The van der Waals surface area contributed by atoms with E-state index in [4.69, 9.17) is 9.47 Å². The van der Waals surface area contributed by atoms with Crippen LogP contribution in [0.15, 0.2) is 48.6 Å². The van der Waals surface area contributed by atoms with Gasteiger partial charge in [-0.15, -0.1) is 0 Å². The number of pyridine rings is 2. The molecule has 132 valence electrons. The van der Waals surface area contributed by atoms with Crippen LogP contribution >= 0.6 is 0 Å². The third-order valence-electron chi connectivity index (χ3n) is 3.47. The Morgan fingerprint density at radius 1 is 1.04 bits per heavy atom. The van der Waals surface area contributed by atoms with E-state index in [1.807, 2.05) is 43.3 Å². The Kier molecular flexibility index (Phi) is 7.29. The van der Waals surface area contributed by atoms with E-state index in [9.17, 15) is 4.79 Å². The van der Waals surface area contributed by atoms with Crippen molar-refractivity contribution in [2.75, 3.05) is 13.2 Å². The minimum absolute atomic E-state index is 0.341. The first-order chi connectivity index (χ1) is 12.1. The van der Waals surface area contributed by atoms with Crippen LogP contribution in [0.3, 0.4) is 0 Å². The van der Waals surface area contributed by atoms with E-state index in [1.54, 1.807) is 6.92 Å². The van der Waals surface area contributed by atoms with Crippen molar-refractivity contribution < 1.29 is 14.3 Å². The van der Waals surface area contributed by atoms with Gasteiger partial charge in [0.2, 0.25) is 0 Å². The maximum atomic E-state index is 11.2. The number of aryl methyl sites for hydroxylation is 1. The van der Waals surface area contributed by atoms with Crippen LogP contribution in [0.2, 0.25) is 0 Å². The normalized spacial score (nSPS) is 10.5. The summed E-state index contributed by atoms with van der Waals surface area (Å²) in [5.41, 5.74) is 3.96. The van der Waals surface area contributed by atoms with Gasteiger partial charge in [-0.05, 0) is 51.0 Å². The minimum atomic E-state index is -0.341. The molecule has 0 aliphatic carbocycles. The summed E-state index contributed by atoms with van der Waals surface area (Å²) in [6.45, 7) is 8.58. The van der Waals surface area contributed by atoms with Gasteiger partial charge in [-0.2, -0.15) is 0 Å². The summed E-state index contributed by atoms with van der Waals surface area (Å²) in [4.78, 5) is 20.3. The number of rotatable bonds is 9. The minimum Gasteiger partial charge on any atom is -0.462 e. The zero-order valence-electron chi connectivity index (χ0n) is 14.8. The third-order valence-corrected chi connectivity index (χ3v) is 3.47. The van der Waals surface area contributed by atoms with Crippen LogP contribution in [-0.4, -0.2) is 29.2 Å². The van der Waals surface area contributed by atoms with E-state index < -0.39 is 0 Å². The van der Waals surface area contributed by atoms with Gasteiger partial charge in [-0.3, -0.25) is 4.98 Å². The molecule has 0 bridgehead atoms. The van der Waals surface area contributed by atoms with Crippen LogP contribution in [0.5, 0.6) is 0 Å². The van der Waals surface area contributed by atoms with Crippen LogP contribution in [-0.2, 0) is 20.9 Å². The van der Waals surface area contributed by atoms with Gasteiger partial charge >= 0.3 is 5.97 Å². The number of carbonyl (C=O) groups excluding carboxylic acids is 1. The summed E-state index contributed by atoms with van der Waals surface area (Å²) < 4.78 is 10.7. The molecule has 2 rings (SSSR count). The molecule has 0 amide bonds. The molecule has 2 aromatic heterocycles. The molecule has 0 atom stereocenters. The highest BCUT2D eigenvalue weighted by Crippen LogP contribution is 2.15. The van der Waals surface area contributed by atoms with Gasteiger partial charge in [0.1, 0.15) is 0 Å². The van der Waals surface area contributed by atoms with Crippen molar-refractivity contribution in [3.8, 4) is 11.4 Å². The molecule has 2 aromatic rings. The highest BCUT2D eigenvalue weighted by molar-refractivity contribution is 5.86. The molecule has 0 spiro atoms. The molecular weight excluding hydrogens is 316 g/mol. The molecule has 0 aromatic carbocycles. The molecule has 0 aliphatic rings. The lowest BCUT2D eigenvalue weighted by Crippen LogP contribution is -2.07. The SMILES string of the molecule is C=C(C)C(=O)OCCCCOCc1cccc(-c2cccc(C)n2)n1. The van der Waals surface area contributed by atoms with Crippen LogP contribution in [0.4, 0.5) is 0 Å². The van der Waals surface area contributed by atoms with Gasteiger partial charge < -0.3 is 9.47 Å². The molecule has 25 heavy (non-hydrogen) atoms. The Balaban J connectivity index is 1.72. The molecule has 0 saturated heterocycles. The lowest BCUT2D eigenvalue weighted by molar-refractivity contribution is -0.139. The lowest BCUT2D eigenvalue weighted by atomic mass is 10.2. The molecule has 0 unspecified atom stereocenters. The van der Waals surface area contributed by atoms with E-state index in [0.29, 0.717) is 25.4 Å². The number of unbranched alkanes of at least 4 members (excludes halogenated alkanes) is 1. The summed E-state index contributed by atoms with van der Waals surface area (Å²) in [5, 5.41) is 0. The number of carbonyl (C=O) groups is 1. The summed E-state index contributed by atoms with van der Waals surface area (Å²) in [6.07, 6.45) is 1.59. The Bertz CT molecular complexity index is 728. The molecule has 0 radical (unpaired) electrons. The quantitative estimate of drug-likeness (QED) is 0.394.